The van der Waals surface area contributed by atoms with Crippen LogP contribution in [0.2, 0.25) is 0 Å². The van der Waals surface area contributed by atoms with Gasteiger partial charge in [-0.05, 0) is 94.1 Å². The Kier molecular flexibility index (Phi) is 8.53. The van der Waals surface area contributed by atoms with Crippen LogP contribution in [0.5, 0.6) is 0 Å². The molecule has 1 aliphatic rings. The minimum Gasteiger partial charge on any atom is -0.340 e. The van der Waals surface area contributed by atoms with Gasteiger partial charge < -0.3 is 14.5 Å². The molecule has 3 heterocycles. The predicted molar refractivity (Wildman–Crippen MR) is 259 cm³/mol. The summed E-state index contributed by atoms with van der Waals surface area (Å²) < 4.78 is 4.75. The molecule has 4 nitrogen and oxygen atoms in total. The summed E-state index contributed by atoms with van der Waals surface area (Å²) in [5, 5.41) is 8.79. The average Bonchev–Trinajstić information content (AvgIpc) is 3.87. The highest BCUT2D eigenvalue weighted by Gasteiger charge is 2.22. The van der Waals surface area contributed by atoms with E-state index in [4.69, 9.17) is 4.99 Å². The van der Waals surface area contributed by atoms with Crippen LogP contribution in [0, 0.1) is 0 Å². The summed E-state index contributed by atoms with van der Waals surface area (Å²) in [6, 6.07) is 80.4. The Labute approximate surface area is 360 Å². The van der Waals surface area contributed by atoms with Gasteiger partial charge in [-0.1, -0.05) is 170 Å². The first-order valence-corrected chi connectivity index (χ1v) is 21.2. The average molecular weight is 793 g/mol. The van der Waals surface area contributed by atoms with Gasteiger partial charge in [-0.3, -0.25) is 4.99 Å². The van der Waals surface area contributed by atoms with Crippen molar-refractivity contribution >= 4 is 55.1 Å². The molecular formula is C58H40N4. The standard InChI is InChI=1S/C58H40N4/c1-2-15-39(16-3-1)40-31-33-41(34-32-40)52-38-53(60-58(59-52)45-20-14-22-47(37-45)62-56-29-10-6-25-50(56)51-26-7-11-30-57(51)62)44-19-12-17-42(35-44)43-18-13-21-46(36-43)61-54-27-8-4-23-48(54)49-24-5-9-28-55(49)61/h1-38,53H,(H,59,60). The highest BCUT2D eigenvalue weighted by Crippen LogP contribution is 2.37. The number of rotatable bonds is 7. The Balaban J connectivity index is 0.959. The Hall–Kier alpha value is -8.21. The zero-order valence-electron chi connectivity index (χ0n) is 33.9. The van der Waals surface area contributed by atoms with E-state index in [2.05, 4.69) is 245 Å². The highest BCUT2D eigenvalue weighted by molar-refractivity contribution is 6.11. The van der Waals surface area contributed by atoms with Crippen molar-refractivity contribution in [2.75, 3.05) is 0 Å². The minimum atomic E-state index is -0.229. The SMILES string of the molecule is C1=C(c2ccc(-c3ccccc3)cc2)NC(c2cccc(-n3c4ccccc4c4ccccc43)c2)=NC1c1cccc(-c2cccc(-n3c4ccccc4c4ccccc43)c2)c1. The van der Waals surface area contributed by atoms with E-state index in [0.717, 1.165) is 50.7 Å². The largest absolute Gasteiger partial charge is 0.340 e. The quantitative estimate of drug-likeness (QED) is 0.171. The fraction of sp³-hybridized carbons (Fsp3) is 0.0172. The molecule has 4 heteroatoms. The summed E-state index contributed by atoms with van der Waals surface area (Å²) in [5.41, 5.74) is 16.0. The summed E-state index contributed by atoms with van der Waals surface area (Å²) >= 11 is 0. The van der Waals surface area contributed by atoms with Gasteiger partial charge in [-0.2, -0.15) is 0 Å². The van der Waals surface area contributed by atoms with Gasteiger partial charge in [0.15, 0.2) is 0 Å². The third-order valence-corrected chi connectivity index (χ3v) is 12.4. The molecule has 62 heavy (non-hydrogen) atoms. The van der Waals surface area contributed by atoms with Crippen molar-refractivity contribution < 1.29 is 0 Å². The van der Waals surface area contributed by atoms with Crippen LogP contribution in [-0.4, -0.2) is 15.0 Å². The van der Waals surface area contributed by atoms with Crippen molar-refractivity contribution in [3.8, 4) is 33.6 Å². The van der Waals surface area contributed by atoms with Gasteiger partial charge in [-0.25, -0.2) is 0 Å². The molecule has 0 radical (unpaired) electrons. The van der Waals surface area contributed by atoms with E-state index in [9.17, 15) is 0 Å². The lowest BCUT2D eigenvalue weighted by atomic mass is 9.96. The fourth-order valence-corrected chi connectivity index (χ4v) is 9.41. The normalized spacial score (nSPS) is 14.0. The number of benzene rings is 9. The van der Waals surface area contributed by atoms with Gasteiger partial charge in [0, 0.05) is 44.2 Å². The molecule has 1 aliphatic heterocycles. The number of hydrogen-bond donors (Lipinski definition) is 1. The highest BCUT2D eigenvalue weighted by atomic mass is 15.0. The molecule has 0 amide bonds. The van der Waals surface area contributed by atoms with Crippen LogP contribution in [0.25, 0.3) is 82.9 Å². The van der Waals surface area contributed by atoms with Gasteiger partial charge in [0.2, 0.25) is 0 Å². The van der Waals surface area contributed by atoms with Crippen molar-refractivity contribution in [1.29, 1.82) is 0 Å². The summed E-state index contributed by atoms with van der Waals surface area (Å²) in [7, 11) is 0. The third kappa shape index (κ3) is 6.12. The number of nitrogens with zero attached hydrogens (tertiary/aromatic N) is 3. The van der Waals surface area contributed by atoms with E-state index in [1.807, 2.05) is 0 Å². The Morgan fingerprint density at radius 2 is 0.758 bits per heavy atom. The second-order valence-electron chi connectivity index (χ2n) is 16.0. The Morgan fingerprint density at radius 3 is 1.32 bits per heavy atom. The summed E-state index contributed by atoms with van der Waals surface area (Å²) in [6.07, 6.45) is 2.27. The van der Waals surface area contributed by atoms with Crippen molar-refractivity contribution in [2.45, 2.75) is 6.04 Å². The molecule has 12 rings (SSSR count). The molecule has 0 bridgehead atoms. The maximum Gasteiger partial charge on any atom is 0.133 e. The van der Waals surface area contributed by atoms with Gasteiger partial charge >= 0.3 is 0 Å². The van der Waals surface area contributed by atoms with Crippen LogP contribution in [0.3, 0.4) is 0 Å². The van der Waals surface area contributed by atoms with Crippen LogP contribution in [0.4, 0.5) is 0 Å². The third-order valence-electron chi connectivity index (χ3n) is 12.4. The molecule has 292 valence electrons. The number of aromatic nitrogens is 2. The smallest absolute Gasteiger partial charge is 0.133 e. The lowest BCUT2D eigenvalue weighted by Gasteiger charge is -2.24. The second-order valence-corrected chi connectivity index (χ2v) is 16.0. The molecule has 0 spiro atoms. The lowest BCUT2D eigenvalue weighted by molar-refractivity contribution is 0.880. The molecule has 0 saturated carbocycles. The van der Waals surface area contributed by atoms with E-state index in [1.54, 1.807) is 0 Å². The van der Waals surface area contributed by atoms with Gasteiger partial charge in [0.1, 0.15) is 5.84 Å². The van der Waals surface area contributed by atoms with Crippen molar-refractivity contribution in [2.24, 2.45) is 4.99 Å². The first kappa shape index (κ1) is 35.7. The van der Waals surface area contributed by atoms with E-state index in [1.165, 1.54) is 54.7 Å². The molecule has 1 unspecified atom stereocenters. The maximum atomic E-state index is 5.49. The molecule has 2 aromatic heterocycles. The van der Waals surface area contributed by atoms with Crippen LogP contribution in [-0.2, 0) is 0 Å². The number of fused-ring (bicyclic) bond motifs is 6. The van der Waals surface area contributed by atoms with Crippen LogP contribution >= 0.6 is 0 Å². The second kappa shape index (κ2) is 14.8. The van der Waals surface area contributed by atoms with Crippen molar-refractivity contribution in [1.82, 2.24) is 14.5 Å². The summed E-state index contributed by atoms with van der Waals surface area (Å²) in [6.45, 7) is 0. The zero-order chi connectivity index (χ0) is 41.0. The van der Waals surface area contributed by atoms with Crippen LogP contribution in [0.15, 0.2) is 236 Å². The summed E-state index contributed by atoms with van der Waals surface area (Å²) in [5.74, 6) is 0.834. The van der Waals surface area contributed by atoms with Crippen LogP contribution < -0.4 is 5.32 Å². The van der Waals surface area contributed by atoms with Crippen molar-refractivity contribution in [3.05, 3.63) is 247 Å². The van der Waals surface area contributed by atoms with Crippen LogP contribution in [0.1, 0.15) is 22.7 Å². The molecule has 1 atom stereocenters. The van der Waals surface area contributed by atoms with Gasteiger partial charge in [0.05, 0.1) is 28.1 Å². The predicted octanol–water partition coefficient (Wildman–Crippen LogP) is 14.3. The molecule has 0 fully saturated rings. The summed E-state index contributed by atoms with van der Waals surface area (Å²) in [4.78, 5) is 5.49. The number of hydrogen-bond acceptors (Lipinski definition) is 2. The van der Waals surface area contributed by atoms with Gasteiger partial charge in [0.25, 0.3) is 0 Å². The molecular weight excluding hydrogens is 753 g/mol. The first-order chi connectivity index (χ1) is 30.7. The minimum absolute atomic E-state index is 0.229. The van der Waals surface area contributed by atoms with E-state index in [0.29, 0.717) is 0 Å². The number of para-hydroxylation sites is 4. The Morgan fingerprint density at radius 1 is 0.339 bits per heavy atom. The number of amidine groups is 1. The molecule has 0 aliphatic carbocycles. The molecule has 9 aromatic carbocycles. The van der Waals surface area contributed by atoms with E-state index >= 15 is 0 Å². The molecule has 1 N–H and O–H groups in total. The first-order valence-electron chi connectivity index (χ1n) is 21.2. The monoisotopic (exact) mass is 792 g/mol. The maximum absolute atomic E-state index is 5.49. The number of aliphatic imine (C=N–C) groups is 1. The number of nitrogens with one attached hydrogen (secondary N) is 1. The van der Waals surface area contributed by atoms with E-state index < -0.39 is 0 Å². The van der Waals surface area contributed by atoms with E-state index in [-0.39, 0.29) is 6.04 Å². The molecule has 11 aromatic rings. The topological polar surface area (TPSA) is 34.2 Å². The molecule has 0 saturated heterocycles. The van der Waals surface area contributed by atoms with Crippen molar-refractivity contribution in [3.63, 3.8) is 0 Å². The lowest BCUT2D eigenvalue weighted by Crippen LogP contribution is -2.27. The Bertz CT molecular complexity index is 3440. The fourth-order valence-electron chi connectivity index (χ4n) is 9.41. The zero-order valence-corrected chi connectivity index (χ0v) is 33.9. The van der Waals surface area contributed by atoms with Gasteiger partial charge in [-0.15, -0.1) is 0 Å².